The molecular weight excluding hydrogens is 278 g/mol. The maximum Gasteiger partial charge on any atom is 0.235 e. The van der Waals surface area contributed by atoms with Crippen molar-refractivity contribution in [3.8, 4) is 5.75 Å². The van der Waals surface area contributed by atoms with E-state index in [1.165, 1.54) is 11.6 Å². The number of hydrogen-bond donors (Lipinski definition) is 0. The Morgan fingerprint density at radius 2 is 2.05 bits per heavy atom. The molecule has 0 bridgehead atoms. The summed E-state index contributed by atoms with van der Waals surface area (Å²) in [5.74, 6) is 0.174. The molecule has 0 aliphatic heterocycles. The minimum absolute atomic E-state index is 0.0307. The number of halogens is 1. The zero-order chi connectivity index (χ0) is 14.1. The molecule has 0 amide bonds. The largest absolute Gasteiger partial charge is 0.496 e. The van der Waals surface area contributed by atoms with Crippen LogP contribution in [0, 0.1) is 0 Å². The molecule has 0 saturated carbocycles. The lowest BCUT2D eigenvalue weighted by Crippen LogP contribution is -2.11. The molecule has 0 unspecified atom stereocenters. The number of carbonyl (C=O) groups is 1. The summed E-state index contributed by atoms with van der Waals surface area (Å²) in [6.07, 6.45) is 1.71. The highest BCUT2D eigenvalue weighted by Crippen LogP contribution is 2.21. The normalized spacial score (nSPS) is 10.7. The molecule has 3 rings (SSSR count). The molecule has 0 saturated heterocycles. The van der Waals surface area contributed by atoms with E-state index in [0.717, 1.165) is 0 Å². The average molecular weight is 288 g/mol. The van der Waals surface area contributed by atoms with Crippen LogP contribution in [0.2, 0.25) is 5.15 Å². The third-order valence-electron chi connectivity index (χ3n) is 2.90. The Morgan fingerprint density at radius 1 is 1.25 bits per heavy atom. The smallest absolute Gasteiger partial charge is 0.235 e. The predicted molar refractivity (Wildman–Crippen MR) is 74.4 cm³/mol. The Bertz CT molecular complexity index is 798. The van der Waals surface area contributed by atoms with Crippen LogP contribution >= 0.6 is 11.6 Å². The number of rotatable bonds is 3. The second kappa shape index (κ2) is 4.94. The van der Waals surface area contributed by atoms with E-state index in [1.54, 1.807) is 42.6 Å². The van der Waals surface area contributed by atoms with Crippen molar-refractivity contribution in [2.75, 3.05) is 7.11 Å². The molecule has 0 fully saturated rings. The molecule has 0 radical (unpaired) electrons. The third kappa shape index (κ3) is 2.02. The molecule has 100 valence electrons. The van der Waals surface area contributed by atoms with Gasteiger partial charge >= 0.3 is 0 Å². The van der Waals surface area contributed by atoms with E-state index in [-0.39, 0.29) is 16.8 Å². The Morgan fingerprint density at radius 3 is 2.85 bits per heavy atom. The van der Waals surface area contributed by atoms with Gasteiger partial charge in [0.2, 0.25) is 11.6 Å². The second-order valence-electron chi connectivity index (χ2n) is 4.09. The van der Waals surface area contributed by atoms with Crippen LogP contribution in [0.5, 0.6) is 5.75 Å². The van der Waals surface area contributed by atoms with Crippen molar-refractivity contribution < 1.29 is 9.53 Å². The number of nitrogens with zero attached hydrogens (tertiary/aromatic N) is 3. The topological polar surface area (TPSA) is 56.5 Å². The zero-order valence-electron chi connectivity index (χ0n) is 10.6. The van der Waals surface area contributed by atoms with Crippen LogP contribution < -0.4 is 4.74 Å². The SMILES string of the molecule is COc1ccccc1C(=O)c1nc(Cl)c2cccn2n1. The van der Waals surface area contributed by atoms with Gasteiger partial charge < -0.3 is 4.74 Å². The van der Waals surface area contributed by atoms with Crippen LogP contribution in [0.4, 0.5) is 0 Å². The molecule has 2 aromatic heterocycles. The van der Waals surface area contributed by atoms with Crippen LogP contribution in [0.1, 0.15) is 16.2 Å². The number of benzene rings is 1. The number of ketones is 1. The van der Waals surface area contributed by atoms with Crippen molar-refractivity contribution in [1.29, 1.82) is 0 Å². The molecule has 5 nitrogen and oxygen atoms in total. The Kier molecular flexibility index (Phi) is 3.12. The number of aromatic nitrogens is 3. The minimum Gasteiger partial charge on any atom is -0.496 e. The van der Waals surface area contributed by atoms with Gasteiger partial charge in [0.25, 0.3) is 0 Å². The highest BCUT2D eigenvalue weighted by molar-refractivity contribution is 6.32. The molecule has 0 aliphatic carbocycles. The van der Waals surface area contributed by atoms with E-state index in [9.17, 15) is 4.79 Å². The molecule has 0 atom stereocenters. The fraction of sp³-hybridized carbons (Fsp3) is 0.0714. The highest BCUT2D eigenvalue weighted by Gasteiger charge is 2.18. The molecule has 6 heteroatoms. The monoisotopic (exact) mass is 287 g/mol. The quantitative estimate of drug-likeness (QED) is 0.695. The number of ether oxygens (including phenoxy) is 1. The lowest BCUT2D eigenvalue weighted by molar-refractivity contribution is 0.102. The van der Waals surface area contributed by atoms with Gasteiger partial charge in [0.1, 0.15) is 11.3 Å². The Balaban J connectivity index is 2.12. The summed E-state index contributed by atoms with van der Waals surface area (Å²) in [6.45, 7) is 0. The van der Waals surface area contributed by atoms with E-state index in [2.05, 4.69) is 10.1 Å². The van der Waals surface area contributed by atoms with Crippen LogP contribution in [0.15, 0.2) is 42.6 Å². The molecule has 0 spiro atoms. The summed E-state index contributed by atoms with van der Waals surface area (Å²) in [5.41, 5.74) is 1.06. The van der Waals surface area contributed by atoms with Crippen molar-refractivity contribution >= 4 is 22.9 Å². The fourth-order valence-electron chi connectivity index (χ4n) is 1.95. The standard InChI is InChI=1S/C14H10ClN3O2/c1-20-11-7-3-2-5-9(11)12(19)14-16-13(15)10-6-4-8-18(10)17-14/h2-8H,1H3. The van der Waals surface area contributed by atoms with Gasteiger partial charge in [-0.2, -0.15) is 0 Å². The van der Waals surface area contributed by atoms with E-state index in [0.29, 0.717) is 16.8 Å². The summed E-state index contributed by atoms with van der Waals surface area (Å²) in [6, 6.07) is 10.5. The summed E-state index contributed by atoms with van der Waals surface area (Å²) in [5, 5.41) is 4.40. The van der Waals surface area contributed by atoms with Gasteiger partial charge in [0.15, 0.2) is 5.15 Å². The van der Waals surface area contributed by atoms with E-state index >= 15 is 0 Å². The van der Waals surface area contributed by atoms with Gasteiger partial charge in [0.05, 0.1) is 12.7 Å². The molecule has 20 heavy (non-hydrogen) atoms. The van der Waals surface area contributed by atoms with Crippen molar-refractivity contribution in [1.82, 2.24) is 14.6 Å². The molecule has 0 aliphatic rings. The molecule has 2 heterocycles. The number of fused-ring (bicyclic) bond motifs is 1. The molecule has 0 N–H and O–H groups in total. The first-order valence-corrected chi connectivity index (χ1v) is 6.27. The lowest BCUT2D eigenvalue weighted by Gasteiger charge is -2.07. The summed E-state index contributed by atoms with van der Waals surface area (Å²) >= 11 is 6.05. The van der Waals surface area contributed by atoms with Gasteiger partial charge in [-0.05, 0) is 24.3 Å². The van der Waals surface area contributed by atoms with Gasteiger partial charge in [0, 0.05) is 6.20 Å². The van der Waals surface area contributed by atoms with Crippen LogP contribution in [0.3, 0.4) is 0 Å². The second-order valence-corrected chi connectivity index (χ2v) is 4.45. The third-order valence-corrected chi connectivity index (χ3v) is 3.18. The van der Waals surface area contributed by atoms with Crippen LogP contribution in [-0.4, -0.2) is 27.5 Å². The van der Waals surface area contributed by atoms with E-state index in [1.807, 2.05) is 0 Å². The fourth-order valence-corrected chi connectivity index (χ4v) is 2.18. The van der Waals surface area contributed by atoms with Gasteiger partial charge in [-0.15, -0.1) is 5.10 Å². The maximum atomic E-state index is 12.5. The number of hydrogen-bond acceptors (Lipinski definition) is 4. The Hall–Kier alpha value is -2.40. The van der Waals surface area contributed by atoms with Gasteiger partial charge in [-0.25, -0.2) is 9.50 Å². The van der Waals surface area contributed by atoms with Crippen molar-refractivity contribution in [2.45, 2.75) is 0 Å². The van der Waals surface area contributed by atoms with Crippen molar-refractivity contribution in [3.63, 3.8) is 0 Å². The predicted octanol–water partition coefficient (Wildman–Crippen LogP) is 2.62. The maximum absolute atomic E-state index is 12.5. The van der Waals surface area contributed by atoms with Crippen molar-refractivity contribution in [2.24, 2.45) is 0 Å². The molecular formula is C14H10ClN3O2. The zero-order valence-corrected chi connectivity index (χ0v) is 11.3. The van der Waals surface area contributed by atoms with E-state index in [4.69, 9.17) is 16.3 Å². The lowest BCUT2D eigenvalue weighted by atomic mass is 10.1. The first-order valence-electron chi connectivity index (χ1n) is 5.89. The van der Waals surface area contributed by atoms with Crippen molar-refractivity contribution in [3.05, 3.63) is 59.1 Å². The van der Waals surface area contributed by atoms with Gasteiger partial charge in [-0.1, -0.05) is 23.7 Å². The number of para-hydroxylation sites is 1. The Labute approximate surface area is 119 Å². The minimum atomic E-state index is -0.333. The number of carbonyl (C=O) groups excluding carboxylic acids is 1. The first-order chi connectivity index (χ1) is 9.70. The molecule has 1 aromatic carbocycles. The summed E-state index contributed by atoms with van der Waals surface area (Å²) in [4.78, 5) is 16.5. The van der Waals surface area contributed by atoms with Gasteiger partial charge in [-0.3, -0.25) is 4.79 Å². The van der Waals surface area contributed by atoms with E-state index < -0.39 is 0 Å². The highest BCUT2D eigenvalue weighted by atomic mass is 35.5. The number of methoxy groups -OCH3 is 1. The average Bonchev–Trinajstić information content (AvgIpc) is 2.95. The van der Waals surface area contributed by atoms with Crippen LogP contribution in [0.25, 0.3) is 5.52 Å². The molecule has 3 aromatic rings. The summed E-state index contributed by atoms with van der Waals surface area (Å²) in [7, 11) is 1.51. The first kappa shape index (κ1) is 12.6. The van der Waals surface area contributed by atoms with Crippen LogP contribution in [-0.2, 0) is 0 Å². The summed E-state index contributed by atoms with van der Waals surface area (Å²) < 4.78 is 6.70.